The van der Waals surface area contributed by atoms with Crippen molar-refractivity contribution >= 4 is 23.5 Å². The maximum atomic E-state index is 12.6. The second kappa shape index (κ2) is 9.66. The van der Waals surface area contributed by atoms with Crippen molar-refractivity contribution < 1.29 is 28.7 Å². The van der Waals surface area contributed by atoms with Crippen molar-refractivity contribution in [2.45, 2.75) is 97.7 Å². The molecule has 0 aliphatic heterocycles. The van der Waals surface area contributed by atoms with Gasteiger partial charge in [0.05, 0.1) is 6.10 Å². The molecule has 6 nitrogen and oxygen atoms in total. The summed E-state index contributed by atoms with van der Waals surface area (Å²) in [5.41, 5.74) is -0.160. The number of hydrogen-bond donors (Lipinski definition) is 0. The molecule has 1 unspecified atom stereocenters. The SMILES string of the molecule is CC(=O)O[C@H](C)CCCC(=O)CCC1C(=O)CC[C@]2(C)[C@@H](OC(C)=O)CC[C@H]12. The molecule has 0 heterocycles. The van der Waals surface area contributed by atoms with E-state index in [0.29, 0.717) is 38.5 Å². The number of esters is 2. The molecule has 28 heavy (non-hydrogen) atoms. The van der Waals surface area contributed by atoms with Gasteiger partial charge in [0.2, 0.25) is 0 Å². The van der Waals surface area contributed by atoms with Gasteiger partial charge in [-0.1, -0.05) is 6.92 Å². The highest BCUT2D eigenvalue weighted by atomic mass is 16.5. The Balaban J connectivity index is 1.84. The fourth-order valence-corrected chi connectivity index (χ4v) is 5.17. The van der Waals surface area contributed by atoms with Gasteiger partial charge in [-0.05, 0) is 51.4 Å². The summed E-state index contributed by atoms with van der Waals surface area (Å²) in [5.74, 6) is -0.0789. The van der Waals surface area contributed by atoms with Crippen LogP contribution in [0.5, 0.6) is 0 Å². The molecule has 0 amide bonds. The number of rotatable bonds is 9. The van der Waals surface area contributed by atoms with E-state index in [4.69, 9.17) is 9.47 Å². The molecular formula is C22H34O6. The molecule has 2 rings (SSSR count). The fraction of sp³-hybridized carbons (Fsp3) is 0.818. The molecule has 2 fully saturated rings. The maximum Gasteiger partial charge on any atom is 0.302 e. The Hall–Kier alpha value is -1.72. The first-order chi connectivity index (χ1) is 13.1. The summed E-state index contributed by atoms with van der Waals surface area (Å²) < 4.78 is 10.6. The monoisotopic (exact) mass is 394 g/mol. The van der Waals surface area contributed by atoms with Gasteiger partial charge < -0.3 is 9.47 Å². The zero-order valence-corrected chi connectivity index (χ0v) is 17.6. The molecule has 0 aromatic carbocycles. The average Bonchev–Trinajstić information content (AvgIpc) is 2.90. The molecule has 0 bridgehead atoms. The Morgan fingerprint density at radius 2 is 1.86 bits per heavy atom. The lowest BCUT2D eigenvalue weighted by atomic mass is 9.62. The highest BCUT2D eigenvalue weighted by Gasteiger charge is 2.55. The maximum absolute atomic E-state index is 12.6. The Labute approximate surface area is 167 Å². The van der Waals surface area contributed by atoms with Gasteiger partial charge >= 0.3 is 11.9 Å². The molecule has 0 aromatic rings. The third kappa shape index (κ3) is 5.65. The molecule has 0 radical (unpaired) electrons. The van der Waals surface area contributed by atoms with Gasteiger partial charge in [-0.15, -0.1) is 0 Å². The smallest absolute Gasteiger partial charge is 0.302 e. The molecule has 158 valence electrons. The molecule has 6 heteroatoms. The third-order valence-electron chi connectivity index (χ3n) is 6.61. The molecule has 0 N–H and O–H groups in total. The van der Waals surface area contributed by atoms with E-state index < -0.39 is 0 Å². The van der Waals surface area contributed by atoms with Crippen LogP contribution < -0.4 is 0 Å². The summed E-state index contributed by atoms with van der Waals surface area (Å²) in [7, 11) is 0. The van der Waals surface area contributed by atoms with Crippen molar-refractivity contribution in [2.24, 2.45) is 17.3 Å². The van der Waals surface area contributed by atoms with Crippen molar-refractivity contribution in [1.29, 1.82) is 0 Å². The van der Waals surface area contributed by atoms with Gasteiger partial charge in [0, 0.05) is 44.4 Å². The van der Waals surface area contributed by atoms with Crippen molar-refractivity contribution in [2.75, 3.05) is 0 Å². The standard InChI is InChI=1S/C22H34O6/c1-14(27-15(2)23)6-5-7-17(25)8-9-18-19-10-11-21(28-16(3)24)22(19,4)13-12-20(18)26/h14,18-19,21H,5-13H2,1-4H3/t14-,18?,19-,21+,22+/m1/s1. The van der Waals surface area contributed by atoms with E-state index >= 15 is 0 Å². The van der Waals surface area contributed by atoms with Crippen LogP contribution in [-0.4, -0.2) is 35.7 Å². The van der Waals surface area contributed by atoms with Crippen LogP contribution in [0.4, 0.5) is 0 Å². The van der Waals surface area contributed by atoms with Crippen LogP contribution in [0.25, 0.3) is 0 Å². The zero-order chi connectivity index (χ0) is 20.9. The highest BCUT2D eigenvalue weighted by Crippen LogP contribution is 2.55. The fourth-order valence-electron chi connectivity index (χ4n) is 5.17. The lowest BCUT2D eigenvalue weighted by molar-refractivity contribution is -0.155. The Morgan fingerprint density at radius 1 is 1.14 bits per heavy atom. The summed E-state index contributed by atoms with van der Waals surface area (Å²) in [4.78, 5) is 47.2. The van der Waals surface area contributed by atoms with Crippen molar-refractivity contribution in [3.8, 4) is 0 Å². The number of carbonyl (C=O) groups is 4. The summed E-state index contributed by atoms with van der Waals surface area (Å²) in [6.45, 7) is 6.78. The topological polar surface area (TPSA) is 86.7 Å². The van der Waals surface area contributed by atoms with E-state index in [-0.39, 0.29) is 53.0 Å². The summed E-state index contributed by atoms with van der Waals surface area (Å²) in [6, 6.07) is 0. The molecule has 0 aromatic heterocycles. The van der Waals surface area contributed by atoms with E-state index in [2.05, 4.69) is 6.92 Å². The second-order valence-electron chi connectivity index (χ2n) is 8.75. The highest BCUT2D eigenvalue weighted by molar-refractivity contribution is 5.84. The van der Waals surface area contributed by atoms with Crippen LogP contribution in [0.1, 0.15) is 85.5 Å². The van der Waals surface area contributed by atoms with Crippen molar-refractivity contribution in [1.82, 2.24) is 0 Å². The van der Waals surface area contributed by atoms with Crippen LogP contribution in [-0.2, 0) is 28.7 Å². The van der Waals surface area contributed by atoms with Crippen LogP contribution in [0, 0.1) is 17.3 Å². The van der Waals surface area contributed by atoms with Gasteiger partial charge in [-0.3, -0.25) is 19.2 Å². The van der Waals surface area contributed by atoms with Gasteiger partial charge in [0.15, 0.2) is 0 Å². The van der Waals surface area contributed by atoms with E-state index in [0.717, 1.165) is 19.3 Å². The summed E-state index contributed by atoms with van der Waals surface area (Å²) in [5, 5.41) is 0. The van der Waals surface area contributed by atoms with Crippen molar-refractivity contribution in [3.05, 3.63) is 0 Å². The molecule has 2 aliphatic rings. The number of fused-ring (bicyclic) bond motifs is 1. The van der Waals surface area contributed by atoms with Crippen LogP contribution >= 0.6 is 0 Å². The quantitative estimate of drug-likeness (QED) is 0.553. The lowest BCUT2D eigenvalue weighted by Gasteiger charge is -2.43. The van der Waals surface area contributed by atoms with Crippen LogP contribution in [0.15, 0.2) is 0 Å². The first-order valence-corrected chi connectivity index (χ1v) is 10.5. The van der Waals surface area contributed by atoms with E-state index in [1.54, 1.807) is 0 Å². The van der Waals surface area contributed by atoms with E-state index in [1.165, 1.54) is 13.8 Å². The first-order valence-electron chi connectivity index (χ1n) is 10.5. The molecule has 2 aliphatic carbocycles. The second-order valence-corrected chi connectivity index (χ2v) is 8.75. The average molecular weight is 395 g/mol. The Kier molecular flexibility index (Phi) is 7.79. The minimum atomic E-state index is -0.304. The first kappa shape index (κ1) is 22.6. The van der Waals surface area contributed by atoms with Crippen molar-refractivity contribution in [3.63, 3.8) is 0 Å². The predicted octanol–water partition coefficient (Wildman–Crippen LogP) is 3.78. The van der Waals surface area contributed by atoms with Crippen LogP contribution in [0.3, 0.4) is 0 Å². The molecule has 5 atom stereocenters. The largest absolute Gasteiger partial charge is 0.463 e. The third-order valence-corrected chi connectivity index (χ3v) is 6.61. The minimum Gasteiger partial charge on any atom is -0.463 e. The Morgan fingerprint density at radius 3 is 2.50 bits per heavy atom. The zero-order valence-electron chi connectivity index (χ0n) is 17.6. The number of carbonyl (C=O) groups excluding carboxylic acids is 4. The number of Topliss-reactive ketones (excluding diaryl/α,β-unsaturated/α-hetero) is 2. The number of hydrogen-bond acceptors (Lipinski definition) is 6. The van der Waals surface area contributed by atoms with Gasteiger partial charge in [-0.2, -0.15) is 0 Å². The molecular weight excluding hydrogens is 360 g/mol. The summed E-state index contributed by atoms with van der Waals surface area (Å²) >= 11 is 0. The van der Waals surface area contributed by atoms with Gasteiger partial charge in [-0.25, -0.2) is 0 Å². The number of ketones is 2. The lowest BCUT2D eigenvalue weighted by Crippen LogP contribution is -2.44. The predicted molar refractivity (Wildman–Crippen MR) is 103 cm³/mol. The number of ether oxygens (including phenoxy) is 2. The molecule has 0 spiro atoms. The van der Waals surface area contributed by atoms with Gasteiger partial charge in [0.1, 0.15) is 17.7 Å². The summed E-state index contributed by atoms with van der Waals surface area (Å²) in [6.07, 6.45) is 5.42. The minimum absolute atomic E-state index is 0.108. The normalized spacial score (nSPS) is 30.4. The molecule has 0 saturated heterocycles. The molecule has 2 saturated carbocycles. The van der Waals surface area contributed by atoms with E-state index in [1.807, 2.05) is 6.92 Å². The van der Waals surface area contributed by atoms with E-state index in [9.17, 15) is 19.2 Å². The Bertz CT molecular complexity index is 612. The van der Waals surface area contributed by atoms with Crippen LogP contribution in [0.2, 0.25) is 0 Å². The van der Waals surface area contributed by atoms with Gasteiger partial charge in [0.25, 0.3) is 0 Å².